The van der Waals surface area contributed by atoms with Gasteiger partial charge in [-0.3, -0.25) is 9.59 Å². The second-order valence-corrected chi connectivity index (χ2v) is 10.2. The minimum absolute atomic E-state index is 0.00345. The normalized spacial score (nSPS) is 29.5. The Kier molecular flexibility index (Phi) is 6.09. The number of amides is 1. The summed E-state index contributed by atoms with van der Waals surface area (Å²) in [6.45, 7) is 3.43. The molecule has 1 amide bonds. The maximum atomic E-state index is 13.3. The van der Waals surface area contributed by atoms with Crippen molar-refractivity contribution in [1.82, 2.24) is 5.32 Å². The van der Waals surface area contributed by atoms with Gasteiger partial charge in [-0.1, -0.05) is 13.8 Å². The van der Waals surface area contributed by atoms with Crippen LogP contribution in [0.2, 0.25) is 0 Å². The van der Waals surface area contributed by atoms with Crippen molar-refractivity contribution in [2.45, 2.75) is 58.4 Å². The number of Topliss-reactive ketones (excluding diaryl/α,β-unsaturated/α-hetero) is 1. The molecule has 0 aromatic heterocycles. The zero-order valence-electron chi connectivity index (χ0n) is 18.7. The van der Waals surface area contributed by atoms with E-state index in [1.807, 2.05) is 13.8 Å². The molecule has 4 saturated carbocycles. The van der Waals surface area contributed by atoms with E-state index >= 15 is 0 Å². The van der Waals surface area contributed by atoms with E-state index in [-0.39, 0.29) is 29.6 Å². The van der Waals surface area contributed by atoms with Crippen LogP contribution in [0.25, 0.3) is 0 Å². The van der Waals surface area contributed by atoms with Crippen LogP contribution in [0.5, 0.6) is 5.75 Å². The summed E-state index contributed by atoms with van der Waals surface area (Å²) in [5, 5.41) is 3.01. The van der Waals surface area contributed by atoms with Crippen molar-refractivity contribution in [3.05, 3.63) is 29.8 Å². The van der Waals surface area contributed by atoms with Gasteiger partial charge in [0.1, 0.15) is 11.8 Å². The Morgan fingerprint density at radius 1 is 1.00 bits per heavy atom. The molecule has 168 valence electrons. The molecule has 4 aliphatic rings. The molecule has 5 rings (SSSR count). The number of carbonyl (C=O) groups is 3. The lowest BCUT2D eigenvalue weighted by Gasteiger charge is -2.55. The molecule has 0 heterocycles. The van der Waals surface area contributed by atoms with Crippen LogP contribution in [0.4, 0.5) is 0 Å². The first-order valence-corrected chi connectivity index (χ1v) is 11.4. The number of ether oxygens (including phenoxy) is 2. The number of rotatable bonds is 8. The molecule has 1 N–H and O–H groups in total. The number of benzene rings is 1. The van der Waals surface area contributed by atoms with E-state index in [1.165, 1.54) is 19.3 Å². The van der Waals surface area contributed by atoms with Crippen LogP contribution in [-0.2, 0) is 14.3 Å². The van der Waals surface area contributed by atoms with Gasteiger partial charge >= 0.3 is 5.97 Å². The molecule has 4 aliphatic carbocycles. The molecule has 0 spiro atoms. The summed E-state index contributed by atoms with van der Waals surface area (Å²) >= 11 is 0. The van der Waals surface area contributed by atoms with Gasteiger partial charge in [0.15, 0.2) is 12.4 Å². The van der Waals surface area contributed by atoms with Crippen molar-refractivity contribution < 1.29 is 23.9 Å². The first-order valence-electron chi connectivity index (χ1n) is 11.4. The smallest absolute Gasteiger partial charge is 0.329 e. The third-order valence-corrected chi connectivity index (χ3v) is 7.48. The van der Waals surface area contributed by atoms with E-state index in [0.717, 1.165) is 19.3 Å². The highest BCUT2D eigenvalue weighted by Gasteiger charge is 2.55. The largest absolute Gasteiger partial charge is 0.497 e. The first kappa shape index (κ1) is 21.8. The SMILES string of the molecule is COc1ccc(C(=O)COC(=O)C(NC(=O)C23CC4CC(CC(C4)C2)C3)C(C)C)cc1. The quantitative estimate of drug-likeness (QED) is 0.504. The number of methoxy groups -OCH3 is 1. The predicted octanol–water partition coefficient (Wildman–Crippen LogP) is 3.78. The molecular weight excluding hydrogens is 394 g/mol. The number of hydrogen-bond acceptors (Lipinski definition) is 5. The van der Waals surface area contributed by atoms with Crippen LogP contribution in [0.3, 0.4) is 0 Å². The van der Waals surface area contributed by atoms with Gasteiger partial charge in [0.2, 0.25) is 5.91 Å². The average molecular weight is 428 g/mol. The number of ketones is 1. The summed E-state index contributed by atoms with van der Waals surface area (Å²) in [6, 6.07) is 5.92. The summed E-state index contributed by atoms with van der Waals surface area (Å²) in [6.07, 6.45) is 6.61. The minimum Gasteiger partial charge on any atom is -0.497 e. The van der Waals surface area contributed by atoms with Crippen LogP contribution in [-0.4, -0.2) is 37.4 Å². The first-order chi connectivity index (χ1) is 14.8. The number of hydrogen-bond donors (Lipinski definition) is 1. The van der Waals surface area contributed by atoms with Crippen molar-refractivity contribution in [3.63, 3.8) is 0 Å². The van der Waals surface area contributed by atoms with Crippen LogP contribution >= 0.6 is 0 Å². The second kappa shape index (κ2) is 8.64. The fourth-order valence-corrected chi connectivity index (χ4v) is 6.27. The maximum Gasteiger partial charge on any atom is 0.329 e. The van der Waals surface area contributed by atoms with Gasteiger partial charge in [-0.15, -0.1) is 0 Å². The maximum absolute atomic E-state index is 13.3. The lowest BCUT2D eigenvalue weighted by molar-refractivity contribution is -0.154. The molecule has 6 heteroatoms. The Hall–Kier alpha value is -2.37. The van der Waals surface area contributed by atoms with E-state index in [0.29, 0.717) is 29.1 Å². The minimum atomic E-state index is -0.746. The average Bonchev–Trinajstić information content (AvgIpc) is 2.74. The van der Waals surface area contributed by atoms with Crippen molar-refractivity contribution in [2.75, 3.05) is 13.7 Å². The molecule has 1 aromatic rings. The number of esters is 1. The van der Waals surface area contributed by atoms with E-state index in [1.54, 1.807) is 31.4 Å². The number of nitrogens with one attached hydrogen (secondary N) is 1. The van der Waals surface area contributed by atoms with E-state index in [9.17, 15) is 14.4 Å². The molecule has 4 fully saturated rings. The lowest BCUT2D eigenvalue weighted by Crippen LogP contribution is -2.57. The molecule has 0 aliphatic heterocycles. The molecule has 0 saturated heterocycles. The van der Waals surface area contributed by atoms with Crippen molar-refractivity contribution in [1.29, 1.82) is 0 Å². The molecular formula is C25H33NO5. The van der Waals surface area contributed by atoms with Gasteiger partial charge in [-0.2, -0.15) is 0 Å². The highest BCUT2D eigenvalue weighted by molar-refractivity contribution is 5.98. The Balaban J connectivity index is 1.36. The highest BCUT2D eigenvalue weighted by Crippen LogP contribution is 2.60. The zero-order chi connectivity index (χ0) is 22.2. The van der Waals surface area contributed by atoms with Gasteiger partial charge in [0.25, 0.3) is 0 Å². The molecule has 0 radical (unpaired) electrons. The molecule has 1 unspecified atom stereocenters. The van der Waals surface area contributed by atoms with Gasteiger partial charge in [-0.05, 0) is 86.5 Å². The topological polar surface area (TPSA) is 81.7 Å². The fourth-order valence-electron chi connectivity index (χ4n) is 6.27. The molecule has 6 nitrogen and oxygen atoms in total. The summed E-state index contributed by atoms with van der Waals surface area (Å²) in [5.41, 5.74) is 0.133. The summed E-state index contributed by atoms with van der Waals surface area (Å²) < 4.78 is 10.4. The third-order valence-electron chi connectivity index (χ3n) is 7.48. The Bertz CT molecular complexity index is 809. The summed E-state index contributed by atoms with van der Waals surface area (Å²) in [4.78, 5) is 38.5. The molecule has 4 bridgehead atoms. The van der Waals surface area contributed by atoms with Gasteiger partial charge in [0.05, 0.1) is 7.11 Å². The summed E-state index contributed by atoms with van der Waals surface area (Å²) in [5.74, 6) is 1.67. The Labute approximate surface area is 184 Å². The van der Waals surface area contributed by atoms with Crippen LogP contribution in [0.15, 0.2) is 24.3 Å². The highest BCUT2D eigenvalue weighted by atomic mass is 16.5. The third kappa shape index (κ3) is 4.48. The van der Waals surface area contributed by atoms with Crippen molar-refractivity contribution in [2.24, 2.45) is 29.1 Å². The lowest BCUT2D eigenvalue weighted by atomic mass is 9.49. The zero-order valence-corrected chi connectivity index (χ0v) is 18.7. The van der Waals surface area contributed by atoms with Gasteiger partial charge in [0, 0.05) is 11.0 Å². The fraction of sp³-hybridized carbons (Fsp3) is 0.640. The van der Waals surface area contributed by atoms with Crippen LogP contribution in [0, 0.1) is 29.1 Å². The molecule has 31 heavy (non-hydrogen) atoms. The Morgan fingerprint density at radius 3 is 2.03 bits per heavy atom. The monoisotopic (exact) mass is 427 g/mol. The van der Waals surface area contributed by atoms with Crippen molar-refractivity contribution in [3.8, 4) is 5.75 Å². The van der Waals surface area contributed by atoms with E-state index in [4.69, 9.17) is 9.47 Å². The molecule has 1 aromatic carbocycles. The van der Waals surface area contributed by atoms with Crippen LogP contribution < -0.4 is 10.1 Å². The second-order valence-electron chi connectivity index (χ2n) is 10.2. The number of carbonyl (C=O) groups excluding carboxylic acids is 3. The standard InChI is InChI=1S/C25H33NO5/c1-15(2)22(23(28)31-14-21(27)19-4-6-20(30-3)7-5-19)26-24(29)25-11-16-8-17(12-25)10-18(9-16)13-25/h4-7,15-18,22H,8-14H2,1-3H3,(H,26,29). The van der Waals surface area contributed by atoms with Crippen LogP contribution in [0.1, 0.15) is 62.7 Å². The Morgan fingerprint density at radius 2 is 1.55 bits per heavy atom. The van der Waals surface area contributed by atoms with E-state index < -0.39 is 12.0 Å². The summed E-state index contributed by atoms with van der Waals surface area (Å²) in [7, 11) is 1.56. The van der Waals surface area contributed by atoms with Gasteiger partial charge < -0.3 is 14.8 Å². The predicted molar refractivity (Wildman–Crippen MR) is 116 cm³/mol. The van der Waals surface area contributed by atoms with Crippen molar-refractivity contribution >= 4 is 17.7 Å². The molecule has 1 atom stereocenters. The van der Waals surface area contributed by atoms with Gasteiger partial charge in [-0.25, -0.2) is 4.79 Å². The van der Waals surface area contributed by atoms with E-state index in [2.05, 4.69) is 5.32 Å².